The maximum atomic E-state index is 13.6. The van der Waals surface area contributed by atoms with E-state index in [-0.39, 0.29) is 42.7 Å². The zero-order valence-corrected chi connectivity index (χ0v) is 23.1. The minimum atomic E-state index is -0.273. The van der Waals surface area contributed by atoms with Gasteiger partial charge >= 0.3 is 6.03 Å². The van der Waals surface area contributed by atoms with Crippen molar-refractivity contribution in [1.82, 2.24) is 25.3 Å². The third-order valence-electron chi connectivity index (χ3n) is 9.21. The van der Waals surface area contributed by atoms with Gasteiger partial charge in [-0.15, -0.1) is 0 Å². The Bertz CT molecular complexity index is 1220. The van der Waals surface area contributed by atoms with Crippen molar-refractivity contribution in [3.63, 3.8) is 0 Å². The number of rotatable bonds is 7. The summed E-state index contributed by atoms with van der Waals surface area (Å²) in [5, 5.41) is 18.4. The number of piperidine rings is 3. The molecule has 0 spiro atoms. The summed E-state index contributed by atoms with van der Waals surface area (Å²) in [6.07, 6.45) is 11.7. The van der Waals surface area contributed by atoms with Crippen molar-refractivity contribution in [3.8, 4) is 0 Å². The quantitative estimate of drug-likeness (QED) is 0.352. The van der Waals surface area contributed by atoms with E-state index in [2.05, 4.69) is 20.6 Å². The number of hydrogen-bond acceptors (Lipinski definition) is 6. The van der Waals surface area contributed by atoms with Crippen LogP contribution in [0, 0.1) is 11.8 Å². The second-order valence-corrected chi connectivity index (χ2v) is 11.9. The topological polar surface area (TPSA) is 134 Å². The van der Waals surface area contributed by atoms with Gasteiger partial charge in [-0.25, -0.2) is 4.79 Å². The van der Waals surface area contributed by atoms with Gasteiger partial charge in [0.1, 0.15) is 5.69 Å². The highest BCUT2D eigenvalue weighted by Gasteiger charge is 2.36. The van der Waals surface area contributed by atoms with Gasteiger partial charge in [0.2, 0.25) is 5.91 Å². The molecule has 216 valence electrons. The number of hydrogen-bond donors (Lipinski definition) is 3. The van der Waals surface area contributed by atoms with Crippen LogP contribution < -0.4 is 10.6 Å². The summed E-state index contributed by atoms with van der Waals surface area (Å²) in [5.74, 6) is 0.965. The summed E-state index contributed by atoms with van der Waals surface area (Å²) in [6, 6.07) is 5.80. The summed E-state index contributed by atoms with van der Waals surface area (Å²) in [7, 11) is 0. The number of nitrogens with one attached hydrogen (secondary N) is 2. The summed E-state index contributed by atoms with van der Waals surface area (Å²) in [4.78, 5) is 50.4. The Labute approximate surface area is 234 Å². The molecule has 3 saturated heterocycles. The Kier molecular flexibility index (Phi) is 9.14. The first kappa shape index (κ1) is 28.3. The molecule has 2 aromatic rings. The van der Waals surface area contributed by atoms with E-state index in [1.54, 1.807) is 0 Å². The minimum absolute atomic E-state index is 0.00345. The molecular formula is C30H41N5O5. The molecular weight excluding hydrogens is 510 g/mol. The van der Waals surface area contributed by atoms with Crippen LogP contribution in [0.5, 0.6) is 0 Å². The lowest BCUT2D eigenvalue weighted by atomic mass is 9.76. The molecule has 0 unspecified atom stereocenters. The molecule has 40 heavy (non-hydrogen) atoms. The molecule has 1 aromatic carbocycles. The van der Waals surface area contributed by atoms with Crippen LogP contribution in [0.1, 0.15) is 86.7 Å². The highest BCUT2D eigenvalue weighted by molar-refractivity contribution is 6.08. The van der Waals surface area contributed by atoms with Crippen LogP contribution in [0.25, 0.3) is 10.9 Å². The number of ketones is 1. The van der Waals surface area contributed by atoms with E-state index < -0.39 is 0 Å². The van der Waals surface area contributed by atoms with Crippen molar-refractivity contribution in [1.29, 1.82) is 0 Å². The Morgan fingerprint density at radius 3 is 2.17 bits per heavy atom. The number of carbonyl (C=O) groups excluding carboxylic acids is 3. The Morgan fingerprint density at radius 1 is 0.950 bits per heavy atom. The monoisotopic (exact) mass is 551 g/mol. The fourth-order valence-corrected chi connectivity index (χ4v) is 7.13. The van der Waals surface area contributed by atoms with Crippen LogP contribution in [-0.2, 0) is 16.0 Å². The maximum absolute atomic E-state index is 13.6. The fourth-order valence-electron chi connectivity index (χ4n) is 7.13. The Balaban J connectivity index is 0.00000103. The van der Waals surface area contributed by atoms with Crippen LogP contribution in [0.2, 0.25) is 0 Å². The predicted molar refractivity (Wildman–Crippen MR) is 150 cm³/mol. The second-order valence-electron chi connectivity index (χ2n) is 11.9. The number of carboxylic acid groups (broad SMARTS) is 1. The zero-order valence-electron chi connectivity index (χ0n) is 23.1. The van der Waals surface area contributed by atoms with Gasteiger partial charge in [0, 0.05) is 30.4 Å². The average molecular weight is 552 g/mol. The van der Waals surface area contributed by atoms with Crippen molar-refractivity contribution in [2.75, 3.05) is 19.6 Å². The first-order chi connectivity index (χ1) is 19.4. The number of Topliss-reactive ketones (excluding diaryl/α,β-unsaturated/α-hetero) is 1. The lowest BCUT2D eigenvalue weighted by molar-refractivity contribution is -0.123. The summed E-state index contributed by atoms with van der Waals surface area (Å²) >= 11 is 0. The van der Waals surface area contributed by atoms with Crippen LogP contribution in [0.4, 0.5) is 4.79 Å². The zero-order chi connectivity index (χ0) is 28.1. The molecule has 2 amide bonds. The largest absolute Gasteiger partial charge is 0.483 e. The molecule has 5 fully saturated rings. The van der Waals surface area contributed by atoms with E-state index in [1.165, 1.54) is 17.5 Å². The van der Waals surface area contributed by atoms with E-state index in [1.807, 2.05) is 18.2 Å². The van der Waals surface area contributed by atoms with Gasteiger partial charge in [-0.2, -0.15) is 9.78 Å². The van der Waals surface area contributed by atoms with Crippen LogP contribution in [0.3, 0.4) is 0 Å². The molecule has 2 aliphatic carbocycles. The van der Waals surface area contributed by atoms with Crippen molar-refractivity contribution in [2.45, 2.75) is 89.1 Å². The van der Waals surface area contributed by atoms with Gasteiger partial charge < -0.3 is 20.6 Å². The van der Waals surface area contributed by atoms with Gasteiger partial charge in [0.25, 0.3) is 6.47 Å². The van der Waals surface area contributed by atoms with E-state index >= 15 is 0 Å². The minimum Gasteiger partial charge on any atom is -0.483 e. The van der Waals surface area contributed by atoms with Crippen LogP contribution in [0.15, 0.2) is 18.2 Å². The normalized spacial score (nSPS) is 24.4. The average Bonchev–Trinajstić information content (AvgIpc) is 3.71. The Morgan fingerprint density at radius 2 is 1.57 bits per heavy atom. The van der Waals surface area contributed by atoms with E-state index in [0.29, 0.717) is 34.9 Å². The lowest BCUT2D eigenvalue weighted by Gasteiger charge is -2.44. The molecule has 3 N–H and O–H groups in total. The molecule has 7 rings (SSSR count). The third-order valence-corrected chi connectivity index (χ3v) is 9.21. The summed E-state index contributed by atoms with van der Waals surface area (Å²) in [6.45, 7) is 3.00. The van der Waals surface area contributed by atoms with E-state index in [9.17, 15) is 14.4 Å². The molecule has 3 aliphatic heterocycles. The first-order valence-corrected chi connectivity index (χ1v) is 14.9. The molecule has 1 aromatic heterocycles. The van der Waals surface area contributed by atoms with Gasteiger partial charge in [-0.3, -0.25) is 14.4 Å². The molecule has 10 nitrogen and oxygen atoms in total. The number of fused-ring (bicyclic) bond motifs is 4. The predicted octanol–water partition coefficient (Wildman–Crippen LogP) is 3.75. The standard InChI is InChI=1S/C29H39N5O3.CH2O2/c35-26(17-21-18-33-13-11-20(21)12-14-33)28-24-15-19(16-27(36)30-22-5-1-2-6-22)9-10-25(24)34(32-28)29(37)31-23-7-3-4-8-23;2-1-3/h9-10,15,20-23H,1-8,11-14,16-18H2,(H,30,36)(H,31,37);1H,(H,2,3)/t21-;/m0./s1. The first-order valence-electron chi connectivity index (χ1n) is 14.9. The van der Waals surface area contributed by atoms with E-state index in [0.717, 1.165) is 76.6 Å². The van der Waals surface area contributed by atoms with Gasteiger partial charge in [0.15, 0.2) is 5.78 Å². The number of carbonyl (C=O) groups is 4. The molecule has 1 atom stereocenters. The third kappa shape index (κ3) is 6.54. The van der Waals surface area contributed by atoms with Crippen molar-refractivity contribution < 1.29 is 24.3 Å². The van der Waals surface area contributed by atoms with Crippen molar-refractivity contribution in [3.05, 3.63) is 29.5 Å². The molecule has 2 saturated carbocycles. The number of nitrogens with zero attached hydrogens (tertiary/aromatic N) is 3. The van der Waals surface area contributed by atoms with Crippen LogP contribution in [-0.4, -0.2) is 75.7 Å². The van der Waals surface area contributed by atoms with Gasteiger partial charge in [0.05, 0.1) is 11.9 Å². The highest BCUT2D eigenvalue weighted by Crippen LogP contribution is 2.35. The van der Waals surface area contributed by atoms with Gasteiger partial charge in [-0.1, -0.05) is 31.7 Å². The molecule has 4 heterocycles. The van der Waals surface area contributed by atoms with E-state index in [4.69, 9.17) is 9.90 Å². The Hall–Kier alpha value is -3.27. The van der Waals surface area contributed by atoms with Crippen molar-refractivity contribution in [2.24, 2.45) is 11.8 Å². The summed E-state index contributed by atoms with van der Waals surface area (Å²) < 4.78 is 1.37. The number of benzene rings is 1. The van der Waals surface area contributed by atoms with Crippen molar-refractivity contribution >= 4 is 35.1 Å². The maximum Gasteiger partial charge on any atom is 0.342 e. The molecule has 0 radical (unpaired) electrons. The van der Waals surface area contributed by atoms with Crippen LogP contribution >= 0.6 is 0 Å². The molecule has 10 heteroatoms. The molecule has 5 aliphatic rings. The smallest absolute Gasteiger partial charge is 0.342 e. The van der Waals surface area contributed by atoms with Gasteiger partial charge in [-0.05, 0) is 81.1 Å². The second kappa shape index (κ2) is 12.9. The SMILES string of the molecule is O=C(Cc1ccc2c(c1)c(C(=O)C[C@H]1CN3CCC1CC3)nn2C(=O)NC1CCCC1)NC1CCCC1.O=CO. The number of aromatic nitrogens is 2. The fraction of sp³-hybridized carbons (Fsp3) is 0.633. The summed E-state index contributed by atoms with van der Waals surface area (Å²) in [5.41, 5.74) is 1.84. The highest BCUT2D eigenvalue weighted by atomic mass is 16.3. The molecule has 2 bridgehead atoms. The number of amides is 2. The lowest BCUT2D eigenvalue weighted by Crippen LogP contribution is -2.47.